The van der Waals surface area contributed by atoms with Crippen molar-refractivity contribution < 1.29 is 9.59 Å². The summed E-state index contributed by atoms with van der Waals surface area (Å²) in [4.78, 5) is 22.4. The average Bonchev–Trinajstić information content (AvgIpc) is 2.46. The molecule has 2 aromatic carbocycles. The molecule has 0 aliphatic rings. The van der Waals surface area contributed by atoms with Gasteiger partial charge in [-0.05, 0) is 43.2 Å². The molecule has 0 aliphatic heterocycles. The maximum atomic E-state index is 11.8. The lowest BCUT2D eigenvalue weighted by atomic mass is 10.1. The molecule has 0 spiro atoms. The molecule has 1 N–H and O–H groups in total. The number of carbonyl (C=O) groups excluding carboxylic acids is 2. The van der Waals surface area contributed by atoms with Crippen molar-refractivity contribution in [1.82, 2.24) is 0 Å². The molecule has 0 saturated heterocycles. The highest BCUT2D eigenvalue weighted by molar-refractivity contribution is 5.91. The van der Waals surface area contributed by atoms with Crippen LogP contribution in [0, 0.1) is 6.92 Å². The minimum absolute atomic E-state index is 0.0228. The van der Waals surface area contributed by atoms with Crippen LogP contribution in [0.2, 0.25) is 0 Å². The molecule has 0 radical (unpaired) electrons. The van der Waals surface area contributed by atoms with E-state index in [0.717, 1.165) is 18.3 Å². The third kappa shape index (κ3) is 4.05. The fourth-order valence-electron chi connectivity index (χ4n) is 1.99. The Morgan fingerprint density at radius 2 is 1.90 bits per heavy atom. The van der Waals surface area contributed by atoms with Crippen LogP contribution in [0.15, 0.2) is 48.5 Å². The molecule has 1 amide bonds. The van der Waals surface area contributed by atoms with Crippen LogP contribution in [0.5, 0.6) is 0 Å². The molecule has 3 heteroatoms. The summed E-state index contributed by atoms with van der Waals surface area (Å²) in [6.45, 7) is 2.04. The standard InChI is InChI=1S/C17H17NO2/c1-13-3-2-4-14(11-13)7-10-17(20)18-16-8-5-15(12-19)6-9-16/h2-6,8-9,11-12H,7,10H2,1H3,(H,18,20). The zero-order valence-electron chi connectivity index (χ0n) is 11.4. The highest BCUT2D eigenvalue weighted by atomic mass is 16.1. The molecule has 0 atom stereocenters. The fourth-order valence-corrected chi connectivity index (χ4v) is 1.99. The average molecular weight is 267 g/mol. The van der Waals surface area contributed by atoms with Gasteiger partial charge in [0.1, 0.15) is 6.29 Å². The summed E-state index contributed by atoms with van der Waals surface area (Å²) in [6.07, 6.45) is 1.95. The number of amides is 1. The predicted octanol–water partition coefficient (Wildman–Crippen LogP) is 3.38. The van der Waals surface area contributed by atoms with Crippen molar-refractivity contribution >= 4 is 17.9 Å². The second-order valence-electron chi connectivity index (χ2n) is 4.78. The van der Waals surface area contributed by atoms with Crippen molar-refractivity contribution in [2.45, 2.75) is 19.8 Å². The number of hydrogen-bond acceptors (Lipinski definition) is 2. The van der Waals surface area contributed by atoms with E-state index in [1.165, 1.54) is 5.56 Å². The van der Waals surface area contributed by atoms with Gasteiger partial charge in [0.15, 0.2) is 0 Å². The number of benzene rings is 2. The lowest BCUT2D eigenvalue weighted by molar-refractivity contribution is -0.116. The molecule has 0 bridgehead atoms. The summed E-state index contributed by atoms with van der Waals surface area (Å²) in [6, 6.07) is 15.0. The van der Waals surface area contributed by atoms with Crippen molar-refractivity contribution in [3.8, 4) is 0 Å². The van der Waals surface area contributed by atoms with E-state index < -0.39 is 0 Å². The second-order valence-corrected chi connectivity index (χ2v) is 4.78. The summed E-state index contributed by atoms with van der Waals surface area (Å²) in [5.74, 6) is -0.0228. The topological polar surface area (TPSA) is 46.2 Å². The minimum Gasteiger partial charge on any atom is -0.326 e. The van der Waals surface area contributed by atoms with Crippen molar-refractivity contribution in [2.75, 3.05) is 5.32 Å². The molecule has 0 unspecified atom stereocenters. The van der Waals surface area contributed by atoms with Crippen LogP contribution in [0.25, 0.3) is 0 Å². The van der Waals surface area contributed by atoms with Crippen LogP contribution < -0.4 is 5.32 Å². The van der Waals surface area contributed by atoms with Crippen molar-refractivity contribution in [1.29, 1.82) is 0 Å². The lowest BCUT2D eigenvalue weighted by Gasteiger charge is -2.06. The quantitative estimate of drug-likeness (QED) is 0.844. The molecular weight excluding hydrogens is 250 g/mol. The van der Waals surface area contributed by atoms with Gasteiger partial charge in [-0.25, -0.2) is 0 Å². The van der Waals surface area contributed by atoms with Crippen molar-refractivity contribution in [3.05, 3.63) is 65.2 Å². The molecule has 102 valence electrons. The Morgan fingerprint density at radius 1 is 1.15 bits per heavy atom. The monoisotopic (exact) mass is 267 g/mol. The Balaban J connectivity index is 1.87. The number of rotatable bonds is 5. The maximum absolute atomic E-state index is 11.8. The number of anilines is 1. The normalized spacial score (nSPS) is 10.1. The summed E-state index contributed by atoms with van der Waals surface area (Å²) < 4.78 is 0. The number of nitrogens with one attached hydrogen (secondary N) is 1. The van der Waals surface area contributed by atoms with Gasteiger partial charge in [-0.15, -0.1) is 0 Å². The molecule has 0 aromatic heterocycles. The van der Waals surface area contributed by atoms with E-state index in [9.17, 15) is 9.59 Å². The van der Waals surface area contributed by atoms with E-state index in [2.05, 4.69) is 11.4 Å². The lowest BCUT2D eigenvalue weighted by Crippen LogP contribution is -2.12. The first-order valence-corrected chi connectivity index (χ1v) is 6.58. The van der Waals surface area contributed by atoms with Gasteiger partial charge in [0.2, 0.25) is 5.91 Å². The number of carbonyl (C=O) groups is 2. The Labute approximate surface area is 118 Å². The van der Waals surface area contributed by atoms with Gasteiger partial charge in [0, 0.05) is 17.7 Å². The molecular formula is C17H17NO2. The van der Waals surface area contributed by atoms with Crippen LogP contribution >= 0.6 is 0 Å². The van der Waals surface area contributed by atoms with Gasteiger partial charge < -0.3 is 5.32 Å². The zero-order chi connectivity index (χ0) is 14.4. The summed E-state index contributed by atoms with van der Waals surface area (Å²) in [5.41, 5.74) is 3.68. The van der Waals surface area contributed by atoms with Gasteiger partial charge in [-0.1, -0.05) is 29.8 Å². The molecule has 0 saturated carbocycles. The molecule has 0 heterocycles. The number of aldehydes is 1. The third-order valence-corrected chi connectivity index (χ3v) is 3.05. The van der Waals surface area contributed by atoms with E-state index in [0.29, 0.717) is 17.7 Å². The van der Waals surface area contributed by atoms with Crippen LogP contribution in [-0.4, -0.2) is 12.2 Å². The van der Waals surface area contributed by atoms with Crippen LogP contribution in [0.1, 0.15) is 27.9 Å². The van der Waals surface area contributed by atoms with E-state index in [-0.39, 0.29) is 5.91 Å². The smallest absolute Gasteiger partial charge is 0.224 e. The van der Waals surface area contributed by atoms with Gasteiger partial charge in [-0.2, -0.15) is 0 Å². The Hall–Kier alpha value is -2.42. The van der Waals surface area contributed by atoms with E-state index in [4.69, 9.17) is 0 Å². The van der Waals surface area contributed by atoms with E-state index >= 15 is 0 Å². The molecule has 0 fully saturated rings. The van der Waals surface area contributed by atoms with Gasteiger partial charge in [0.05, 0.1) is 0 Å². The number of aryl methyl sites for hydroxylation is 2. The number of hydrogen-bond donors (Lipinski definition) is 1. The first kappa shape index (κ1) is 14.0. The van der Waals surface area contributed by atoms with Crippen molar-refractivity contribution in [3.63, 3.8) is 0 Å². The zero-order valence-corrected chi connectivity index (χ0v) is 11.4. The maximum Gasteiger partial charge on any atom is 0.224 e. The van der Waals surface area contributed by atoms with Crippen molar-refractivity contribution in [2.24, 2.45) is 0 Å². The SMILES string of the molecule is Cc1cccc(CCC(=O)Nc2ccc(C=O)cc2)c1. The highest BCUT2D eigenvalue weighted by Gasteiger charge is 2.03. The molecule has 0 aliphatic carbocycles. The summed E-state index contributed by atoms with van der Waals surface area (Å²) >= 11 is 0. The first-order valence-electron chi connectivity index (χ1n) is 6.58. The van der Waals surface area contributed by atoms with Crippen LogP contribution in [0.4, 0.5) is 5.69 Å². The molecule has 2 rings (SSSR count). The minimum atomic E-state index is -0.0228. The first-order chi connectivity index (χ1) is 9.67. The molecule has 2 aromatic rings. The molecule has 3 nitrogen and oxygen atoms in total. The van der Waals surface area contributed by atoms with Crippen LogP contribution in [0.3, 0.4) is 0 Å². The second kappa shape index (κ2) is 6.66. The largest absolute Gasteiger partial charge is 0.326 e. The predicted molar refractivity (Wildman–Crippen MR) is 80.0 cm³/mol. The van der Waals surface area contributed by atoms with Gasteiger partial charge >= 0.3 is 0 Å². The Morgan fingerprint density at radius 3 is 2.55 bits per heavy atom. The van der Waals surface area contributed by atoms with E-state index in [1.54, 1.807) is 24.3 Å². The van der Waals surface area contributed by atoms with E-state index in [1.807, 2.05) is 25.1 Å². The van der Waals surface area contributed by atoms with Gasteiger partial charge in [-0.3, -0.25) is 9.59 Å². The highest BCUT2D eigenvalue weighted by Crippen LogP contribution is 2.10. The van der Waals surface area contributed by atoms with Gasteiger partial charge in [0.25, 0.3) is 0 Å². The summed E-state index contributed by atoms with van der Waals surface area (Å²) in [5, 5.41) is 2.82. The Kier molecular flexibility index (Phi) is 4.66. The molecule has 20 heavy (non-hydrogen) atoms. The fraction of sp³-hybridized carbons (Fsp3) is 0.176. The van der Waals surface area contributed by atoms with Crippen LogP contribution in [-0.2, 0) is 11.2 Å². The summed E-state index contributed by atoms with van der Waals surface area (Å²) in [7, 11) is 0. The third-order valence-electron chi connectivity index (χ3n) is 3.05. The Bertz CT molecular complexity index is 603.